The topological polar surface area (TPSA) is 275 Å². The first-order chi connectivity index (χ1) is 21.1. The molecule has 10 N–H and O–H groups in total. The van der Waals surface area contributed by atoms with E-state index in [4.69, 9.17) is 23.7 Å². The van der Waals surface area contributed by atoms with Gasteiger partial charge in [-0.15, -0.1) is 0 Å². The summed E-state index contributed by atoms with van der Waals surface area (Å²) in [6.07, 6.45) is -17.1. The molecule has 0 unspecified atom stereocenters. The Bertz CT molecular complexity index is 1010. The maximum Gasteiger partial charge on any atom is 0.217 e. The minimum atomic E-state index is -1.73. The maximum absolute atomic E-state index is 12.2. The van der Waals surface area contributed by atoms with Crippen LogP contribution in [0.1, 0.15) is 34.6 Å². The van der Waals surface area contributed by atoms with Crippen molar-refractivity contribution in [2.24, 2.45) is 5.92 Å². The van der Waals surface area contributed by atoms with Crippen LogP contribution in [0.5, 0.6) is 0 Å². The smallest absolute Gasteiger partial charge is 0.217 e. The van der Waals surface area contributed by atoms with Crippen molar-refractivity contribution in [1.29, 1.82) is 0 Å². The maximum atomic E-state index is 12.2. The summed E-state index contributed by atoms with van der Waals surface area (Å²) < 4.78 is 29.4. The van der Waals surface area contributed by atoms with Gasteiger partial charge < -0.3 is 75.4 Å². The third kappa shape index (κ3) is 8.65. The molecule has 15 atom stereocenters. The average molecular weight is 654 g/mol. The Labute approximate surface area is 259 Å². The second kappa shape index (κ2) is 16.2. The van der Waals surface area contributed by atoms with E-state index in [0.29, 0.717) is 0 Å². The van der Waals surface area contributed by atoms with E-state index in [9.17, 15) is 50.1 Å². The van der Waals surface area contributed by atoms with Gasteiger partial charge in [0.2, 0.25) is 17.7 Å². The molecule has 3 heterocycles. The fourth-order valence-electron chi connectivity index (χ4n) is 5.91. The molecule has 3 aliphatic heterocycles. The van der Waals surface area contributed by atoms with E-state index >= 15 is 0 Å². The predicted octanol–water partition coefficient (Wildman–Crippen LogP) is -5.44. The van der Waals surface area contributed by atoms with Crippen LogP contribution in [0.2, 0.25) is 0 Å². The van der Waals surface area contributed by atoms with Crippen molar-refractivity contribution < 1.29 is 73.8 Å². The van der Waals surface area contributed by atoms with Crippen molar-refractivity contribution in [2.45, 2.75) is 126 Å². The summed E-state index contributed by atoms with van der Waals surface area (Å²) in [7, 11) is 0. The molecule has 3 rings (SSSR count). The lowest BCUT2D eigenvalue weighted by Gasteiger charge is -2.50. The molecule has 0 aromatic rings. The average Bonchev–Trinajstić information content (AvgIpc) is 2.96. The molecule has 0 spiro atoms. The van der Waals surface area contributed by atoms with Crippen LogP contribution in [0.4, 0.5) is 0 Å². The lowest BCUT2D eigenvalue weighted by molar-refractivity contribution is -0.347. The van der Waals surface area contributed by atoms with Gasteiger partial charge in [0.05, 0.1) is 32.0 Å². The number of aliphatic hydroxyl groups excluding tert-OH is 7. The van der Waals surface area contributed by atoms with Crippen LogP contribution in [-0.2, 0) is 38.1 Å². The third-order valence-corrected chi connectivity index (χ3v) is 8.02. The van der Waals surface area contributed by atoms with Crippen LogP contribution in [-0.4, -0.2) is 165 Å². The molecule has 3 amide bonds. The zero-order valence-corrected chi connectivity index (χ0v) is 25.8. The molecule has 0 aromatic carbocycles. The second-order valence-corrected chi connectivity index (χ2v) is 11.9. The number of ether oxygens (including phenoxy) is 5. The molecule has 18 heteroatoms. The molecule has 260 valence electrons. The standard InChI is InChI=1S/C27H47N3O15/c1-9(2)23-16(28-10(3)34)21(39)24(14(7-32)41-23)44-27-18(30-12(5)36)22(40)25(15(8-33)43-27)45-26-17(29-11(4)35)20(38)19(37)13(6-31)42-26/h9,13-27,31-33,37-40H,6-8H2,1-5H3,(H,28,34)(H,29,35)(H,30,36)/t13-,14-,15-,16-,17-,18-,19-,20-,21-,22-,23+,24-,25-,26+,27+/m1/s1. The van der Waals surface area contributed by atoms with Gasteiger partial charge in [0, 0.05) is 20.8 Å². The Hall–Kier alpha value is -2.07. The minimum absolute atomic E-state index is 0.198. The fourth-order valence-corrected chi connectivity index (χ4v) is 5.91. The highest BCUT2D eigenvalue weighted by Gasteiger charge is 2.54. The van der Waals surface area contributed by atoms with Gasteiger partial charge in [-0.3, -0.25) is 14.4 Å². The number of nitrogens with one attached hydrogen (secondary N) is 3. The van der Waals surface area contributed by atoms with Gasteiger partial charge in [-0.1, -0.05) is 13.8 Å². The largest absolute Gasteiger partial charge is 0.394 e. The highest BCUT2D eigenvalue weighted by atomic mass is 16.7. The molecule has 0 saturated carbocycles. The first-order valence-corrected chi connectivity index (χ1v) is 14.8. The van der Waals surface area contributed by atoms with Crippen LogP contribution in [0.15, 0.2) is 0 Å². The Balaban J connectivity index is 1.91. The van der Waals surface area contributed by atoms with E-state index in [1.807, 2.05) is 0 Å². The van der Waals surface area contributed by atoms with Gasteiger partial charge in [-0.05, 0) is 5.92 Å². The molecule has 18 nitrogen and oxygen atoms in total. The normalized spacial score (nSPS) is 42.2. The molecule has 0 radical (unpaired) electrons. The highest BCUT2D eigenvalue weighted by Crippen LogP contribution is 2.33. The van der Waals surface area contributed by atoms with E-state index in [1.54, 1.807) is 13.8 Å². The first kappa shape index (κ1) is 37.4. The Morgan fingerprint density at radius 1 is 0.600 bits per heavy atom. The lowest BCUT2D eigenvalue weighted by atomic mass is 9.87. The highest BCUT2D eigenvalue weighted by molar-refractivity contribution is 5.74. The summed E-state index contributed by atoms with van der Waals surface area (Å²) in [5.74, 6) is -1.93. The van der Waals surface area contributed by atoms with Gasteiger partial charge in [-0.25, -0.2) is 0 Å². The number of aliphatic hydroxyl groups is 7. The minimum Gasteiger partial charge on any atom is -0.394 e. The van der Waals surface area contributed by atoms with Crippen LogP contribution in [0, 0.1) is 5.92 Å². The quantitative estimate of drug-likeness (QED) is 0.0996. The predicted molar refractivity (Wildman–Crippen MR) is 149 cm³/mol. The summed E-state index contributed by atoms with van der Waals surface area (Å²) in [5, 5.41) is 81.2. The van der Waals surface area contributed by atoms with Crippen molar-refractivity contribution >= 4 is 17.7 Å². The van der Waals surface area contributed by atoms with Crippen LogP contribution >= 0.6 is 0 Å². The zero-order valence-electron chi connectivity index (χ0n) is 25.8. The number of carbonyl (C=O) groups is 3. The molecular formula is C27H47N3O15. The SMILES string of the molecule is CC(=O)N[C@@H]1[C@@H](O)[C@H](O[C@@H]2O[C@H](CO)[C@@H](O[C@@H]3O[C@H](CO)[C@@H](O)[C@H](O)[C@H]3NC(C)=O)[C@H](O)[C@H]2NC(C)=O)[C@@H](CO)O[C@H]1C(C)C. The van der Waals surface area contributed by atoms with Crippen molar-refractivity contribution in [1.82, 2.24) is 16.0 Å². The van der Waals surface area contributed by atoms with Crippen LogP contribution in [0.3, 0.4) is 0 Å². The summed E-state index contributed by atoms with van der Waals surface area (Å²) >= 11 is 0. The molecular weight excluding hydrogens is 606 g/mol. The van der Waals surface area contributed by atoms with Crippen LogP contribution < -0.4 is 16.0 Å². The van der Waals surface area contributed by atoms with E-state index in [0.717, 1.165) is 13.8 Å². The molecule has 0 bridgehead atoms. The summed E-state index contributed by atoms with van der Waals surface area (Å²) in [6, 6.07) is -3.79. The molecule has 3 fully saturated rings. The summed E-state index contributed by atoms with van der Waals surface area (Å²) in [4.78, 5) is 36.0. The van der Waals surface area contributed by atoms with E-state index in [1.165, 1.54) is 6.92 Å². The lowest BCUT2D eigenvalue weighted by Crippen LogP contribution is -2.71. The van der Waals surface area contributed by atoms with Gasteiger partial charge in [-0.2, -0.15) is 0 Å². The number of hydrogen-bond donors (Lipinski definition) is 10. The zero-order chi connectivity index (χ0) is 33.7. The van der Waals surface area contributed by atoms with Crippen molar-refractivity contribution in [3.63, 3.8) is 0 Å². The van der Waals surface area contributed by atoms with Crippen molar-refractivity contribution in [3.8, 4) is 0 Å². The van der Waals surface area contributed by atoms with E-state index in [-0.39, 0.29) is 5.92 Å². The molecule has 3 aliphatic rings. The molecule has 0 aliphatic carbocycles. The van der Waals surface area contributed by atoms with Crippen molar-refractivity contribution in [3.05, 3.63) is 0 Å². The number of carbonyl (C=O) groups excluding carboxylic acids is 3. The number of rotatable bonds is 11. The fraction of sp³-hybridized carbons (Fsp3) is 0.889. The number of hydrogen-bond acceptors (Lipinski definition) is 15. The van der Waals surface area contributed by atoms with Crippen molar-refractivity contribution in [2.75, 3.05) is 19.8 Å². The summed E-state index contributed by atoms with van der Waals surface area (Å²) in [5.41, 5.74) is 0. The van der Waals surface area contributed by atoms with Gasteiger partial charge in [0.15, 0.2) is 12.6 Å². The first-order valence-electron chi connectivity index (χ1n) is 14.8. The molecule has 3 saturated heterocycles. The summed E-state index contributed by atoms with van der Waals surface area (Å²) in [6.45, 7) is 5.00. The Morgan fingerprint density at radius 3 is 1.40 bits per heavy atom. The second-order valence-electron chi connectivity index (χ2n) is 11.9. The van der Waals surface area contributed by atoms with Gasteiger partial charge in [0.25, 0.3) is 0 Å². The number of amides is 3. The Kier molecular flexibility index (Phi) is 13.4. The molecule has 0 aromatic heterocycles. The van der Waals surface area contributed by atoms with Gasteiger partial charge >= 0.3 is 0 Å². The third-order valence-electron chi connectivity index (χ3n) is 8.02. The Morgan fingerprint density at radius 2 is 0.978 bits per heavy atom. The molecule has 45 heavy (non-hydrogen) atoms. The van der Waals surface area contributed by atoms with Crippen LogP contribution in [0.25, 0.3) is 0 Å². The van der Waals surface area contributed by atoms with E-state index < -0.39 is 129 Å². The van der Waals surface area contributed by atoms with E-state index in [2.05, 4.69) is 16.0 Å². The van der Waals surface area contributed by atoms with Gasteiger partial charge in [0.1, 0.15) is 67.0 Å². The monoisotopic (exact) mass is 653 g/mol.